The number of carboxylic acids is 1. The zero-order chi connectivity index (χ0) is 25.7. The molecule has 10 heteroatoms. The van der Waals surface area contributed by atoms with Crippen LogP contribution in [0.2, 0.25) is 10.0 Å². The first-order valence-electron chi connectivity index (χ1n) is 11.7. The fourth-order valence-corrected chi connectivity index (χ4v) is 5.04. The summed E-state index contributed by atoms with van der Waals surface area (Å²) in [7, 11) is 0. The number of carbonyl (C=O) groups is 1. The third-order valence-electron chi connectivity index (χ3n) is 6.50. The summed E-state index contributed by atoms with van der Waals surface area (Å²) >= 11 is 12.9. The summed E-state index contributed by atoms with van der Waals surface area (Å²) in [6, 6.07) is 11.5. The Morgan fingerprint density at radius 3 is 2.59 bits per heavy atom. The quantitative estimate of drug-likeness (QED) is 0.275. The van der Waals surface area contributed by atoms with Crippen molar-refractivity contribution in [2.75, 3.05) is 0 Å². The Labute approximate surface area is 221 Å². The average molecular weight is 539 g/mol. The van der Waals surface area contributed by atoms with Crippen LogP contribution in [0, 0.1) is 0 Å². The lowest BCUT2D eigenvalue weighted by Crippen LogP contribution is -2.03. The Morgan fingerprint density at radius 2 is 1.86 bits per heavy atom. The number of carboxylic acid groups (broad SMARTS) is 1. The van der Waals surface area contributed by atoms with Gasteiger partial charge in [0.15, 0.2) is 0 Å². The molecule has 0 amide bonds. The standard InChI is InChI=1S/C27H20Cl2N2O6/c28-17-2-1-3-18(29)24(17)25-16(26(37-31-25)13-4-5-13)12-35-23-9-8-21-19(30-23)7-6-14-10-20(32)15(27(33)34)11-22(14)36-21/h1-3,8-11,13,32H,4-7,12H2,(H,33,34). The molecular formula is C27H20Cl2N2O6. The van der Waals surface area contributed by atoms with E-state index in [9.17, 15) is 15.0 Å². The van der Waals surface area contributed by atoms with E-state index in [1.807, 2.05) is 0 Å². The van der Waals surface area contributed by atoms with Crippen molar-refractivity contribution >= 4 is 29.2 Å². The van der Waals surface area contributed by atoms with Crippen LogP contribution in [0.4, 0.5) is 0 Å². The first-order valence-corrected chi connectivity index (χ1v) is 12.5. The lowest BCUT2D eigenvalue weighted by atomic mass is 10.0. The van der Waals surface area contributed by atoms with Crippen molar-refractivity contribution in [2.45, 2.75) is 38.2 Å². The number of fused-ring (bicyclic) bond motifs is 2. The monoisotopic (exact) mass is 538 g/mol. The number of hydrogen-bond donors (Lipinski definition) is 2. The number of nitrogens with zero attached hydrogens (tertiary/aromatic N) is 2. The lowest BCUT2D eigenvalue weighted by molar-refractivity contribution is 0.0693. The number of rotatable bonds is 6. The van der Waals surface area contributed by atoms with Gasteiger partial charge in [0.1, 0.15) is 40.9 Å². The maximum atomic E-state index is 11.4. The van der Waals surface area contributed by atoms with Gasteiger partial charge in [-0.2, -0.15) is 0 Å². The molecule has 0 atom stereocenters. The van der Waals surface area contributed by atoms with Gasteiger partial charge in [-0.1, -0.05) is 34.4 Å². The minimum atomic E-state index is -1.23. The van der Waals surface area contributed by atoms with Gasteiger partial charge < -0.3 is 24.2 Å². The molecule has 2 aromatic heterocycles. The van der Waals surface area contributed by atoms with Crippen LogP contribution in [0.25, 0.3) is 11.3 Å². The number of aromatic carboxylic acids is 1. The van der Waals surface area contributed by atoms with Crippen LogP contribution < -0.4 is 9.47 Å². The second-order valence-electron chi connectivity index (χ2n) is 9.01. The van der Waals surface area contributed by atoms with Gasteiger partial charge in [0.25, 0.3) is 0 Å². The Morgan fingerprint density at radius 1 is 1.08 bits per heavy atom. The van der Waals surface area contributed by atoms with Gasteiger partial charge in [0.05, 0.1) is 21.3 Å². The summed E-state index contributed by atoms with van der Waals surface area (Å²) in [5.74, 6) is 0.805. The molecule has 8 nitrogen and oxygen atoms in total. The zero-order valence-electron chi connectivity index (χ0n) is 19.3. The molecule has 0 bridgehead atoms. The molecule has 188 valence electrons. The van der Waals surface area contributed by atoms with Gasteiger partial charge in [-0.3, -0.25) is 0 Å². The highest BCUT2D eigenvalue weighted by Gasteiger charge is 2.34. The molecular weight excluding hydrogens is 519 g/mol. The number of aromatic hydroxyl groups is 1. The summed E-state index contributed by atoms with van der Waals surface area (Å²) in [6.45, 7) is 0.162. The van der Waals surface area contributed by atoms with E-state index >= 15 is 0 Å². The second-order valence-corrected chi connectivity index (χ2v) is 9.83. The Hall–Kier alpha value is -3.75. The maximum absolute atomic E-state index is 11.4. The fraction of sp³-hybridized carbons (Fsp3) is 0.222. The summed E-state index contributed by atoms with van der Waals surface area (Å²) in [5.41, 5.74) is 3.08. The van der Waals surface area contributed by atoms with Crippen LogP contribution in [-0.2, 0) is 19.4 Å². The predicted molar refractivity (Wildman–Crippen MR) is 135 cm³/mol. The zero-order valence-corrected chi connectivity index (χ0v) is 20.8. The van der Waals surface area contributed by atoms with Crippen LogP contribution in [0.1, 0.15) is 51.7 Å². The van der Waals surface area contributed by atoms with Gasteiger partial charge in [0, 0.05) is 17.5 Å². The van der Waals surface area contributed by atoms with Crippen molar-refractivity contribution in [3.63, 3.8) is 0 Å². The maximum Gasteiger partial charge on any atom is 0.339 e. The van der Waals surface area contributed by atoms with Gasteiger partial charge in [-0.25, -0.2) is 9.78 Å². The SMILES string of the molecule is O=C(O)c1cc2c(cc1O)CCc1nc(OCc3c(-c4c(Cl)cccc4Cl)noc3C3CC3)ccc1O2. The molecule has 0 unspecified atom stereocenters. The molecule has 1 saturated carbocycles. The summed E-state index contributed by atoms with van der Waals surface area (Å²) in [5, 5.41) is 24.6. The molecule has 0 spiro atoms. The van der Waals surface area contributed by atoms with E-state index in [0.717, 1.165) is 24.2 Å². The normalized spacial score (nSPS) is 14.3. The molecule has 1 aliphatic carbocycles. The Kier molecular flexibility index (Phi) is 5.93. The smallest absolute Gasteiger partial charge is 0.339 e. The molecule has 37 heavy (non-hydrogen) atoms. The van der Waals surface area contributed by atoms with E-state index in [0.29, 0.717) is 68.7 Å². The van der Waals surface area contributed by atoms with E-state index in [-0.39, 0.29) is 17.9 Å². The van der Waals surface area contributed by atoms with Gasteiger partial charge in [-0.05, 0) is 61.6 Å². The van der Waals surface area contributed by atoms with E-state index < -0.39 is 5.97 Å². The number of hydrogen-bond acceptors (Lipinski definition) is 7. The molecule has 2 aliphatic rings. The van der Waals surface area contributed by atoms with Crippen molar-refractivity contribution in [1.29, 1.82) is 0 Å². The highest BCUT2D eigenvalue weighted by atomic mass is 35.5. The molecule has 1 aliphatic heterocycles. The van der Waals surface area contributed by atoms with Gasteiger partial charge in [-0.15, -0.1) is 0 Å². The molecule has 4 aromatic rings. The third kappa shape index (κ3) is 4.47. The predicted octanol–water partition coefficient (Wildman–Crippen LogP) is 6.79. The highest BCUT2D eigenvalue weighted by Crippen LogP contribution is 2.46. The lowest BCUT2D eigenvalue weighted by Gasteiger charge is -2.12. The van der Waals surface area contributed by atoms with Crippen molar-refractivity contribution in [3.8, 4) is 34.4 Å². The van der Waals surface area contributed by atoms with E-state index in [1.165, 1.54) is 12.1 Å². The third-order valence-corrected chi connectivity index (χ3v) is 7.13. The van der Waals surface area contributed by atoms with Crippen molar-refractivity contribution in [1.82, 2.24) is 10.1 Å². The topological polar surface area (TPSA) is 115 Å². The number of halogens is 2. The first-order chi connectivity index (χ1) is 17.9. The van der Waals surface area contributed by atoms with Gasteiger partial charge in [0.2, 0.25) is 5.88 Å². The molecule has 2 aromatic carbocycles. The molecule has 1 fully saturated rings. The number of aryl methyl sites for hydroxylation is 2. The van der Waals surface area contributed by atoms with Crippen LogP contribution in [0.5, 0.6) is 23.1 Å². The largest absolute Gasteiger partial charge is 0.507 e. The first kappa shape index (κ1) is 23.6. The van der Waals surface area contributed by atoms with Gasteiger partial charge >= 0.3 is 5.97 Å². The summed E-state index contributed by atoms with van der Waals surface area (Å²) < 4.78 is 17.8. The van der Waals surface area contributed by atoms with Crippen molar-refractivity contribution in [2.24, 2.45) is 0 Å². The molecule has 3 heterocycles. The summed E-state index contributed by atoms with van der Waals surface area (Å²) in [6.07, 6.45) is 3.07. The number of aromatic nitrogens is 2. The Balaban J connectivity index is 1.27. The molecule has 6 rings (SSSR count). The number of benzene rings is 2. The minimum Gasteiger partial charge on any atom is -0.507 e. The number of phenols is 1. The van der Waals surface area contributed by atoms with E-state index in [1.54, 1.807) is 30.3 Å². The van der Waals surface area contributed by atoms with Crippen LogP contribution in [0.15, 0.2) is 47.0 Å². The van der Waals surface area contributed by atoms with E-state index in [2.05, 4.69) is 10.1 Å². The van der Waals surface area contributed by atoms with Crippen LogP contribution in [-0.4, -0.2) is 26.3 Å². The molecule has 0 saturated heterocycles. The second kappa shape index (κ2) is 9.28. The molecule has 2 N–H and O–H groups in total. The average Bonchev–Trinajstić information content (AvgIpc) is 3.65. The number of pyridine rings is 1. The highest BCUT2D eigenvalue weighted by molar-refractivity contribution is 6.39. The fourth-order valence-electron chi connectivity index (χ4n) is 4.46. The van der Waals surface area contributed by atoms with E-state index in [4.69, 9.17) is 37.2 Å². The number of ether oxygens (including phenoxy) is 2. The van der Waals surface area contributed by atoms with Crippen molar-refractivity contribution in [3.05, 3.63) is 80.7 Å². The van der Waals surface area contributed by atoms with Crippen molar-refractivity contribution < 1.29 is 29.0 Å². The Bertz CT molecular complexity index is 1530. The molecule has 0 radical (unpaired) electrons. The van der Waals surface area contributed by atoms with Crippen LogP contribution >= 0.6 is 23.2 Å². The summed E-state index contributed by atoms with van der Waals surface area (Å²) in [4.78, 5) is 16.0. The minimum absolute atomic E-state index is 0.162. The van der Waals surface area contributed by atoms with Crippen LogP contribution in [0.3, 0.4) is 0 Å².